The van der Waals surface area contributed by atoms with Gasteiger partial charge in [0.1, 0.15) is 5.82 Å². The zero-order valence-electron chi connectivity index (χ0n) is 14.4. The maximum absolute atomic E-state index is 12.2. The first kappa shape index (κ1) is 15.4. The average molecular weight is 332 g/mol. The normalized spacial score (nSPS) is 13.6. The first-order valence-corrected chi connectivity index (χ1v) is 8.40. The molecule has 0 radical (unpaired) electrons. The predicted molar refractivity (Wildman–Crippen MR) is 96.7 cm³/mol. The second-order valence-electron chi connectivity index (χ2n) is 6.28. The lowest BCUT2D eigenvalue weighted by molar-refractivity contribution is -0.126. The van der Waals surface area contributed by atoms with Gasteiger partial charge < -0.3 is 9.47 Å². The van der Waals surface area contributed by atoms with Crippen molar-refractivity contribution in [2.45, 2.75) is 26.9 Å². The number of aromatic nitrogens is 3. The maximum atomic E-state index is 12.2. The fourth-order valence-electron chi connectivity index (χ4n) is 3.21. The van der Waals surface area contributed by atoms with E-state index in [2.05, 4.69) is 35.8 Å². The lowest BCUT2D eigenvalue weighted by Crippen LogP contribution is -2.24. The lowest BCUT2D eigenvalue weighted by atomic mass is 10.2. The van der Waals surface area contributed by atoms with E-state index in [1.807, 2.05) is 41.0 Å². The minimum Gasteiger partial charge on any atom is -0.329 e. The van der Waals surface area contributed by atoms with E-state index in [1.54, 1.807) is 12.2 Å². The van der Waals surface area contributed by atoms with Gasteiger partial charge in [0.2, 0.25) is 5.91 Å². The number of nitrogens with zero attached hydrogens (tertiary/aromatic N) is 4. The summed E-state index contributed by atoms with van der Waals surface area (Å²) in [5.74, 6) is 1.03. The largest absolute Gasteiger partial charge is 0.329 e. The number of rotatable bonds is 3. The van der Waals surface area contributed by atoms with E-state index >= 15 is 0 Å². The van der Waals surface area contributed by atoms with Gasteiger partial charge >= 0.3 is 0 Å². The van der Waals surface area contributed by atoms with Crippen LogP contribution in [0.15, 0.2) is 60.9 Å². The highest BCUT2D eigenvalue weighted by Crippen LogP contribution is 2.30. The molecule has 0 N–H and O–H groups in total. The Bertz CT molecular complexity index is 933. The third-order valence-electron chi connectivity index (χ3n) is 4.48. The summed E-state index contributed by atoms with van der Waals surface area (Å²) in [6.45, 7) is 5.06. The molecule has 0 bridgehead atoms. The highest BCUT2D eigenvalue weighted by molar-refractivity contribution is 5.88. The number of aryl methyl sites for hydroxylation is 1. The minimum absolute atomic E-state index is 0.0286. The van der Waals surface area contributed by atoms with Crippen molar-refractivity contribution in [1.29, 1.82) is 0 Å². The molecule has 0 atom stereocenters. The fraction of sp³-hybridized carbons (Fsp3) is 0.200. The van der Waals surface area contributed by atoms with Gasteiger partial charge in [-0.05, 0) is 44.2 Å². The summed E-state index contributed by atoms with van der Waals surface area (Å²) in [7, 11) is 0. The Morgan fingerprint density at radius 1 is 1.12 bits per heavy atom. The van der Waals surface area contributed by atoms with Gasteiger partial charge in [0, 0.05) is 18.0 Å². The van der Waals surface area contributed by atoms with Gasteiger partial charge in [-0.3, -0.25) is 4.79 Å². The first-order chi connectivity index (χ1) is 12.2. The molecule has 1 amide bonds. The van der Waals surface area contributed by atoms with Crippen molar-refractivity contribution in [2.75, 3.05) is 0 Å². The zero-order valence-corrected chi connectivity index (χ0v) is 14.4. The topological polar surface area (TPSA) is 43.1 Å². The van der Waals surface area contributed by atoms with E-state index in [-0.39, 0.29) is 5.91 Å². The van der Waals surface area contributed by atoms with Gasteiger partial charge in [-0.15, -0.1) is 0 Å². The van der Waals surface area contributed by atoms with E-state index in [0.717, 1.165) is 22.8 Å². The molecule has 126 valence electrons. The Labute approximate surface area is 146 Å². The molecule has 0 unspecified atom stereocenters. The van der Waals surface area contributed by atoms with Crippen molar-refractivity contribution in [1.82, 2.24) is 19.2 Å². The number of hydrogen-bond acceptors (Lipinski definition) is 2. The molecule has 1 aliphatic heterocycles. The van der Waals surface area contributed by atoms with Gasteiger partial charge in [-0.1, -0.05) is 23.8 Å². The molecular formula is C20H20N4O. The van der Waals surface area contributed by atoms with Crippen LogP contribution >= 0.6 is 0 Å². The van der Waals surface area contributed by atoms with Crippen molar-refractivity contribution in [2.24, 2.45) is 0 Å². The number of fused-ring (bicyclic) bond motifs is 1. The lowest BCUT2D eigenvalue weighted by Gasteiger charge is -2.16. The molecule has 5 heteroatoms. The number of benzene rings is 1. The Morgan fingerprint density at radius 2 is 1.84 bits per heavy atom. The fourth-order valence-corrected chi connectivity index (χ4v) is 3.21. The molecule has 25 heavy (non-hydrogen) atoms. The third kappa shape index (κ3) is 2.67. The highest BCUT2D eigenvalue weighted by atomic mass is 16.2. The van der Waals surface area contributed by atoms with Crippen LogP contribution in [0.4, 0.5) is 0 Å². The van der Waals surface area contributed by atoms with Crippen LogP contribution in [0.5, 0.6) is 0 Å². The second-order valence-corrected chi connectivity index (χ2v) is 6.28. The van der Waals surface area contributed by atoms with Crippen molar-refractivity contribution in [3.05, 3.63) is 77.8 Å². The Morgan fingerprint density at radius 3 is 2.52 bits per heavy atom. The standard InChI is InChI=1S/C20H20N4O/c1-3-6-19(25)23-13-17-18(14-23)21-24(16-9-7-15(2)8-10-16)20(17)22-11-4-5-12-22/h3-12H,13-14H2,1-2H3. The molecule has 0 aliphatic carbocycles. The van der Waals surface area contributed by atoms with Crippen LogP contribution < -0.4 is 0 Å². The van der Waals surface area contributed by atoms with Crippen LogP contribution in [0.1, 0.15) is 23.7 Å². The zero-order chi connectivity index (χ0) is 17.4. The Balaban J connectivity index is 1.80. The van der Waals surface area contributed by atoms with Crippen LogP contribution in [0.3, 0.4) is 0 Å². The van der Waals surface area contributed by atoms with Crippen LogP contribution in [0, 0.1) is 6.92 Å². The monoisotopic (exact) mass is 332 g/mol. The predicted octanol–water partition coefficient (Wildman–Crippen LogP) is 3.39. The smallest absolute Gasteiger partial charge is 0.246 e. The van der Waals surface area contributed by atoms with Gasteiger partial charge in [0.25, 0.3) is 0 Å². The van der Waals surface area contributed by atoms with Crippen molar-refractivity contribution in [3.8, 4) is 11.5 Å². The molecule has 0 fully saturated rings. The molecule has 3 aromatic rings. The number of carbonyl (C=O) groups is 1. The van der Waals surface area contributed by atoms with Gasteiger partial charge in [-0.25, -0.2) is 4.68 Å². The van der Waals surface area contributed by atoms with Crippen molar-refractivity contribution in [3.63, 3.8) is 0 Å². The first-order valence-electron chi connectivity index (χ1n) is 8.40. The number of hydrogen-bond donors (Lipinski definition) is 0. The van der Waals surface area contributed by atoms with Gasteiger partial charge in [-0.2, -0.15) is 5.10 Å². The van der Waals surface area contributed by atoms with Crippen molar-refractivity contribution >= 4 is 5.91 Å². The summed E-state index contributed by atoms with van der Waals surface area (Å²) in [4.78, 5) is 14.0. The van der Waals surface area contributed by atoms with E-state index in [9.17, 15) is 4.79 Å². The summed E-state index contributed by atoms with van der Waals surface area (Å²) in [5.41, 5.74) is 4.31. The third-order valence-corrected chi connectivity index (χ3v) is 4.48. The second kappa shape index (κ2) is 6.09. The molecule has 0 saturated carbocycles. The summed E-state index contributed by atoms with van der Waals surface area (Å²) in [6.07, 6.45) is 7.41. The van der Waals surface area contributed by atoms with Gasteiger partial charge in [0.05, 0.1) is 24.5 Å². The number of amides is 1. The molecule has 0 saturated heterocycles. The molecule has 4 rings (SSSR count). The molecule has 1 aliphatic rings. The summed E-state index contributed by atoms with van der Waals surface area (Å²) in [5, 5.41) is 4.82. The Kier molecular flexibility index (Phi) is 3.76. The molecule has 3 heterocycles. The maximum Gasteiger partial charge on any atom is 0.246 e. The van der Waals surface area contributed by atoms with Crippen molar-refractivity contribution < 1.29 is 4.79 Å². The molecule has 0 spiro atoms. The van der Waals surface area contributed by atoms with E-state index < -0.39 is 0 Å². The Hall–Kier alpha value is -3.08. The van der Waals surface area contributed by atoms with Crippen LogP contribution in [0.25, 0.3) is 11.5 Å². The van der Waals surface area contributed by atoms with E-state index in [4.69, 9.17) is 5.10 Å². The summed E-state index contributed by atoms with van der Waals surface area (Å²) >= 11 is 0. The highest BCUT2D eigenvalue weighted by Gasteiger charge is 2.30. The van der Waals surface area contributed by atoms with Crippen LogP contribution in [0.2, 0.25) is 0 Å². The number of carbonyl (C=O) groups excluding carboxylic acids is 1. The molecule has 2 aromatic heterocycles. The van der Waals surface area contributed by atoms with Crippen LogP contribution in [-0.4, -0.2) is 25.2 Å². The average Bonchev–Trinajstić information content (AvgIpc) is 3.31. The van der Waals surface area contributed by atoms with Crippen LogP contribution in [-0.2, 0) is 17.9 Å². The summed E-state index contributed by atoms with van der Waals surface area (Å²) < 4.78 is 4.04. The molecular weight excluding hydrogens is 312 g/mol. The summed E-state index contributed by atoms with van der Waals surface area (Å²) in [6, 6.07) is 12.3. The number of allylic oxidation sites excluding steroid dienone is 1. The molecule has 5 nitrogen and oxygen atoms in total. The molecule has 1 aromatic carbocycles. The van der Waals surface area contributed by atoms with Gasteiger partial charge in [0.15, 0.2) is 0 Å². The SMILES string of the molecule is CC=CC(=O)N1Cc2nn(-c3ccc(C)cc3)c(-n3cccc3)c2C1. The van der Waals surface area contributed by atoms with E-state index in [0.29, 0.717) is 13.1 Å². The minimum atomic E-state index is 0.0286. The quantitative estimate of drug-likeness (QED) is 0.690. The van der Waals surface area contributed by atoms with E-state index in [1.165, 1.54) is 5.56 Å².